The number of anilines is 2. The standard InChI is InChI=1S/C27H33N5O3.2ClH/c1-6-32-23-10-9-21(14-24(23)30(5)25(33)27(3,4)26(32)34)16-31(17-22-18-35-19(2)29-22)13-11-20-8-7-12-28-15-20;;/h7-10,12,14-15,18H,6,11,13,16-17H2,1-5H3;2*1H. The minimum Gasteiger partial charge on any atom is -0.449 e. The van der Waals surface area contributed by atoms with Gasteiger partial charge in [0.1, 0.15) is 11.7 Å². The highest BCUT2D eigenvalue weighted by molar-refractivity contribution is 6.19. The SMILES string of the molecule is CCN1C(=O)C(C)(C)C(=O)N(C)c2cc(CN(CCc3cccnc3)Cc3coc(C)n3)ccc21.Cl.Cl. The molecule has 0 spiro atoms. The number of fused-ring (bicyclic) bond motifs is 1. The largest absolute Gasteiger partial charge is 0.449 e. The molecule has 37 heavy (non-hydrogen) atoms. The number of nitrogens with zero attached hydrogens (tertiary/aromatic N) is 5. The van der Waals surface area contributed by atoms with E-state index in [1.807, 2.05) is 44.3 Å². The molecule has 10 heteroatoms. The van der Waals surface area contributed by atoms with Gasteiger partial charge >= 0.3 is 0 Å². The molecule has 4 rings (SSSR count). The van der Waals surface area contributed by atoms with E-state index >= 15 is 0 Å². The Morgan fingerprint density at radius 3 is 2.41 bits per heavy atom. The molecule has 0 unspecified atom stereocenters. The number of oxazole rings is 1. The number of rotatable bonds is 8. The van der Waals surface area contributed by atoms with Crippen LogP contribution in [0.4, 0.5) is 11.4 Å². The van der Waals surface area contributed by atoms with Crippen LogP contribution in [0.1, 0.15) is 43.5 Å². The molecular formula is C27H35Cl2N5O3. The number of aromatic nitrogens is 2. The summed E-state index contributed by atoms with van der Waals surface area (Å²) in [7, 11) is 1.75. The number of carbonyl (C=O) groups is 2. The zero-order chi connectivity index (χ0) is 25.2. The van der Waals surface area contributed by atoms with Crippen molar-refractivity contribution in [2.75, 3.05) is 29.9 Å². The molecule has 200 valence electrons. The van der Waals surface area contributed by atoms with E-state index in [4.69, 9.17) is 4.42 Å². The third kappa shape index (κ3) is 6.50. The molecule has 8 nitrogen and oxygen atoms in total. The number of hydrogen-bond donors (Lipinski definition) is 0. The van der Waals surface area contributed by atoms with Gasteiger partial charge in [0.2, 0.25) is 11.8 Å². The second kappa shape index (κ2) is 12.5. The lowest BCUT2D eigenvalue weighted by atomic mass is 9.90. The van der Waals surface area contributed by atoms with Crippen molar-refractivity contribution in [3.8, 4) is 0 Å². The molecule has 1 aromatic carbocycles. The van der Waals surface area contributed by atoms with Gasteiger partial charge in [0.25, 0.3) is 0 Å². The maximum atomic E-state index is 13.2. The smallest absolute Gasteiger partial charge is 0.242 e. The Labute approximate surface area is 230 Å². The van der Waals surface area contributed by atoms with Crippen molar-refractivity contribution in [3.05, 3.63) is 71.7 Å². The predicted molar refractivity (Wildman–Crippen MR) is 149 cm³/mol. The third-order valence-electron chi connectivity index (χ3n) is 6.53. The zero-order valence-electron chi connectivity index (χ0n) is 21.9. The van der Waals surface area contributed by atoms with Crippen LogP contribution in [0.5, 0.6) is 0 Å². The van der Waals surface area contributed by atoms with Gasteiger partial charge < -0.3 is 14.2 Å². The average molecular weight is 549 g/mol. The van der Waals surface area contributed by atoms with Gasteiger partial charge in [-0.05, 0) is 56.5 Å². The van der Waals surface area contributed by atoms with Gasteiger partial charge in [-0.3, -0.25) is 19.5 Å². The normalized spacial score (nSPS) is 14.6. The van der Waals surface area contributed by atoms with Crippen LogP contribution in [0.2, 0.25) is 0 Å². The Hall–Kier alpha value is -2.94. The van der Waals surface area contributed by atoms with Gasteiger partial charge in [0.15, 0.2) is 5.89 Å². The number of amides is 2. The second-order valence-corrected chi connectivity index (χ2v) is 9.54. The summed E-state index contributed by atoms with van der Waals surface area (Å²) in [5.41, 5.74) is 3.48. The third-order valence-corrected chi connectivity index (χ3v) is 6.53. The van der Waals surface area contributed by atoms with E-state index in [2.05, 4.69) is 20.9 Å². The molecule has 2 amide bonds. The topological polar surface area (TPSA) is 82.8 Å². The molecule has 3 aromatic rings. The molecule has 0 bridgehead atoms. The summed E-state index contributed by atoms with van der Waals surface area (Å²) in [6, 6.07) is 10.0. The lowest BCUT2D eigenvalue weighted by Crippen LogP contribution is -2.47. The Morgan fingerprint density at radius 1 is 1.03 bits per heavy atom. The number of pyridine rings is 1. The summed E-state index contributed by atoms with van der Waals surface area (Å²) in [6.07, 6.45) is 6.21. The first-order valence-corrected chi connectivity index (χ1v) is 12.0. The summed E-state index contributed by atoms with van der Waals surface area (Å²) in [6.45, 7) is 9.76. The van der Waals surface area contributed by atoms with Gasteiger partial charge in [-0.25, -0.2) is 4.98 Å². The number of aryl methyl sites for hydroxylation is 1. The summed E-state index contributed by atoms with van der Waals surface area (Å²) >= 11 is 0. The van der Waals surface area contributed by atoms with Gasteiger partial charge in [-0.15, -0.1) is 24.8 Å². The lowest BCUT2D eigenvalue weighted by Gasteiger charge is -2.27. The molecule has 3 heterocycles. The molecule has 0 saturated heterocycles. The molecule has 0 radical (unpaired) electrons. The van der Waals surface area contributed by atoms with Gasteiger partial charge in [-0.1, -0.05) is 12.1 Å². The van der Waals surface area contributed by atoms with Crippen molar-refractivity contribution >= 4 is 48.0 Å². The summed E-state index contributed by atoms with van der Waals surface area (Å²) < 4.78 is 5.42. The fourth-order valence-corrected chi connectivity index (χ4v) is 4.56. The van der Waals surface area contributed by atoms with Crippen LogP contribution in [0.3, 0.4) is 0 Å². The van der Waals surface area contributed by atoms with Crippen molar-refractivity contribution in [2.24, 2.45) is 5.41 Å². The van der Waals surface area contributed by atoms with Gasteiger partial charge in [0.05, 0.1) is 17.1 Å². The van der Waals surface area contributed by atoms with Crippen molar-refractivity contribution in [3.63, 3.8) is 0 Å². The first-order valence-electron chi connectivity index (χ1n) is 12.0. The number of benzene rings is 1. The fourth-order valence-electron chi connectivity index (χ4n) is 4.56. The van der Waals surface area contributed by atoms with Crippen LogP contribution in [0.25, 0.3) is 0 Å². The summed E-state index contributed by atoms with van der Waals surface area (Å²) in [4.78, 5) is 40.7. The van der Waals surface area contributed by atoms with Gasteiger partial charge in [0, 0.05) is 52.5 Å². The Kier molecular flexibility index (Phi) is 10.3. The first kappa shape index (κ1) is 30.3. The van der Waals surface area contributed by atoms with Crippen LogP contribution in [-0.4, -0.2) is 46.8 Å². The quantitative estimate of drug-likeness (QED) is 0.376. The molecular weight excluding hydrogens is 513 g/mol. The predicted octanol–water partition coefficient (Wildman–Crippen LogP) is 4.82. The van der Waals surface area contributed by atoms with E-state index in [0.29, 0.717) is 25.5 Å². The minimum atomic E-state index is -1.12. The highest BCUT2D eigenvalue weighted by Gasteiger charge is 2.45. The van der Waals surface area contributed by atoms with Crippen LogP contribution >= 0.6 is 24.8 Å². The van der Waals surface area contributed by atoms with Crippen LogP contribution in [-0.2, 0) is 29.1 Å². The van der Waals surface area contributed by atoms with Crippen molar-refractivity contribution in [1.82, 2.24) is 14.9 Å². The van der Waals surface area contributed by atoms with Crippen molar-refractivity contribution in [2.45, 2.75) is 47.2 Å². The summed E-state index contributed by atoms with van der Waals surface area (Å²) in [5, 5.41) is 0. The van der Waals surface area contributed by atoms with E-state index in [1.165, 1.54) is 5.56 Å². The second-order valence-electron chi connectivity index (χ2n) is 9.54. The molecule has 0 aliphatic carbocycles. The molecule has 0 saturated carbocycles. The molecule has 0 atom stereocenters. The molecule has 0 fully saturated rings. The monoisotopic (exact) mass is 547 g/mol. The van der Waals surface area contributed by atoms with E-state index in [9.17, 15) is 9.59 Å². The van der Waals surface area contributed by atoms with E-state index < -0.39 is 5.41 Å². The maximum Gasteiger partial charge on any atom is 0.242 e. The summed E-state index contributed by atoms with van der Waals surface area (Å²) in [5.74, 6) is 0.260. The van der Waals surface area contributed by atoms with Crippen LogP contribution in [0, 0.1) is 12.3 Å². The average Bonchev–Trinajstić information content (AvgIpc) is 3.25. The maximum absolute atomic E-state index is 13.2. The zero-order valence-corrected chi connectivity index (χ0v) is 23.6. The van der Waals surface area contributed by atoms with Gasteiger partial charge in [-0.2, -0.15) is 0 Å². The van der Waals surface area contributed by atoms with Crippen LogP contribution in [0.15, 0.2) is 53.4 Å². The molecule has 1 aliphatic heterocycles. The van der Waals surface area contributed by atoms with E-state index in [1.54, 1.807) is 43.2 Å². The van der Waals surface area contributed by atoms with Crippen LogP contribution < -0.4 is 9.80 Å². The van der Waals surface area contributed by atoms with E-state index in [0.717, 1.165) is 35.6 Å². The van der Waals surface area contributed by atoms with Crippen molar-refractivity contribution in [1.29, 1.82) is 0 Å². The molecule has 0 N–H and O–H groups in total. The lowest BCUT2D eigenvalue weighted by molar-refractivity contribution is -0.137. The first-order chi connectivity index (χ1) is 16.7. The number of halogens is 2. The fraction of sp³-hybridized carbons (Fsp3) is 0.407. The van der Waals surface area contributed by atoms with E-state index in [-0.39, 0.29) is 36.6 Å². The Balaban J connectivity index is 0.00000241. The molecule has 1 aliphatic rings. The minimum absolute atomic E-state index is 0. The highest BCUT2D eigenvalue weighted by Crippen LogP contribution is 2.39. The molecule has 2 aromatic heterocycles. The number of hydrogen-bond acceptors (Lipinski definition) is 6. The highest BCUT2D eigenvalue weighted by atomic mass is 35.5. The Bertz CT molecular complexity index is 1220. The Morgan fingerprint density at radius 2 is 1.78 bits per heavy atom. The number of carbonyl (C=O) groups excluding carboxylic acids is 2. The van der Waals surface area contributed by atoms with Crippen molar-refractivity contribution < 1.29 is 14.0 Å².